The molecule has 2 rings (SSSR count). The average molecular weight is 368 g/mol. The molecule has 132 valence electrons. The summed E-state index contributed by atoms with van der Waals surface area (Å²) in [6.45, 7) is 0. The van der Waals surface area contributed by atoms with E-state index < -0.39 is 11.7 Å². The largest absolute Gasteiger partial charge is 0.497 e. The molecule has 2 aromatic carbocycles. The number of carbonyl (C=O) groups excluding carboxylic acids is 1. The van der Waals surface area contributed by atoms with E-state index in [0.717, 1.165) is 17.7 Å². The van der Waals surface area contributed by atoms with E-state index in [2.05, 4.69) is 10.6 Å². The van der Waals surface area contributed by atoms with Crippen LogP contribution in [0.3, 0.4) is 0 Å². The number of thiocarbonyl (C=S) groups is 1. The maximum absolute atomic E-state index is 12.7. The van der Waals surface area contributed by atoms with Crippen LogP contribution < -0.4 is 15.4 Å². The molecular formula is C17H15F3N2O2S. The first kappa shape index (κ1) is 18.7. The number of rotatable bonds is 4. The minimum atomic E-state index is -4.45. The Bertz CT molecular complexity index is 761. The van der Waals surface area contributed by atoms with Crippen LogP contribution in [0, 0.1) is 0 Å². The molecule has 25 heavy (non-hydrogen) atoms. The van der Waals surface area contributed by atoms with Gasteiger partial charge in [0.2, 0.25) is 5.91 Å². The molecule has 0 aliphatic heterocycles. The molecule has 0 aliphatic rings. The first-order chi connectivity index (χ1) is 11.8. The Labute approximate surface area is 148 Å². The van der Waals surface area contributed by atoms with Crippen LogP contribution in [0.1, 0.15) is 11.1 Å². The van der Waals surface area contributed by atoms with E-state index in [0.29, 0.717) is 5.75 Å². The topological polar surface area (TPSA) is 50.4 Å². The highest BCUT2D eigenvalue weighted by Crippen LogP contribution is 2.30. The third-order valence-corrected chi connectivity index (χ3v) is 3.43. The lowest BCUT2D eigenvalue weighted by Crippen LogP contribution is -2.35. The predicted octanol–water partition coefficient (Wildman–Crippen LogP) is 3.77. The smallest absolute Gasteiger partial charge is 0.416 e. The number of anilines is 1. The van der Waals surface area contributed by atoms with E-state index in [1.807, 2.05) is 0 Å². The van der Waals surface area contributed by atoms with Crippen molar-refractivity contribution in [2.24, 2.45) is 0 Å². The summed E-state index contributed by atoms with van der Waals surface area (Å²) in [5, 5.41) is 4.93. The molecule has 8 heteroatoms. The first-order valence-electron chi connectivity index (χ1n) is 7.19. The number of ether oxygens (including phenoxy) is 1. The molecule has 2 N–H and O–H groups in total. The van der Waals surface area contributed by atoms with Gasteiger partial charge in [-0.1, -0.05) is 18.2 Å². The zero-order chi connectivity index (χ0) is 18.4. The lowest BCUT2D eigenvalue weighted by atomic mass is 10.1. The fraction of sp³-hybridized carbons (Fsp3) is 0.176. The number of nitrogens with one attached hydrogen (secondary N) is 2. The van der Waals surface area contributed by atoms with Crippen molar-refractivity contribution in [3.8, 4) is 5.75 Å². The van der Waals surface area contributed by atoms with Crippen molar-refractivity contribution < 1.29 is 22.7 Å². The number of benzene rings is 2. The van der Waals surface area contributed by atoms with Gasteiger partial charge in [-0.3, -0.25) is 4.79 Å². The van der Waals surface area contributed by atoms with Gasteiger partial charge in [0, 0.05) is 5.69 Å². The van der Waals surface area contributed by atoms with E-state index in [1.165, 1.54) is 12.1 Å². The summed E-state index contributed by atoms with van der Waals surface area (Å²) >= 11 is 4.96. The molecule has 0 bridgehead atoms. The maximum Gasteiger partial charge on any atom is 0.416 e. The van der Waals surface area contributed by atoms with Crippen molar-refractivity contribution >= 4 is 28.9 Å². The van der Waals surface area contributed by atoms with Crippen LogP contribution >= 0.6 is 12.2 Å². The van der Waals surface area contributed by atoms with Crippen LogP contribution in [0.15, 0.2) is 48.5 Å². The first-order valence-corrected chi connectivity index (χ1v) is 7.60. The molecule has 0 aromatic heterocycles. The van der Waals surface area contributed by atoms with Gasteiger partial charge >= 0.3 is 6.18 Å². The number of carbonyl (C=O) groups is 1. The minimum absolute atomic E-state index is 0.0714. The van der Waals surface area contributed by atoms with E-state index in [1.54, 1.807) is 31.4 Å². The van der Waals surface area contributed by atoms with E-state index >= 15 is 0 Å². The molecule has 0 fully saturated rings. The third kappa shape index (κ3) is 5.75. The van der Waals surface area contributed by atoms with Crippen molar-refractivity contribution in [3.63, 3.8) is 0 Å². The van der Waals surface area contributed by atoms with Crippen molar-refractivity contribution in [1.29, 1.82) is 0 Å². The highest BCUT2D eigenvalue weighted by atomic mass is 32.1. The monoisotopic (exact) mass is 368 g/mol. The molecular weight excluding hydrogens is 353 g/mol. The lowest BCUT2D eigenvalue weighted by Gasteiger charge is -2.12. The number of hydrogen-bond acceptors (Lipinski definition) is 3. The number of hydrogen-bond donors (Lipinski definition) is 2. The SMILES string of the molecule is COc1ccc(CC(=O)NC(=S)Nc2cccc(C(F)(F)F)c2)cc1. The summed E-state index contributed by atoms with van der Waals surface area (Å²) in [4.78, 5) is 11.9. The van der Waals surface area contributed by atoms with E-state index in [9.17, 15) is 18.0 Å². The predicted molar refractivity (Wildman–Crippen MR) is 92.5 cm³/mol. The summed E-state index contributed by atoms with van der Waals surface area (Å²) in [6, 6.07) is 11.5. The molecule has 0 saturated heterocycles. The Morgan fingerprint density at radius 2 is 1.84 bits per heavy atom. The molecule has 0 saturated carbocycles. The summed E-state index contributed by atoms with van der Waals surface area (Å²) < 4.78 is 43.0. The second kappa shape index (κ2) is 7.98. The fourth-order valence-electron chi connectivity index (χ4n) is 2.04. The van der Waals surface area contributed by atoms with Crippen molar-refractivity contribution in [2.45, 2.75) is 12.6 Å². The third-order valence-electron chi connectivity index (χ3n) is 3.22. The quantitative estimate of drug-likeness (QED) is 0.807. The van der Waals surface area contributed by atoms with Gasteiger partial charge in [-0.25, -0.2) is 0 Å². The number of halogens is 3. The van der Waals surface area contributed by atoms with Gasteiger partial charge in [-0.05, 0) is 48.1 Å². The zero-order valence-electron chi connectivity index (χ0n) is 13.2. The summed E-state index contributed by atoms with van der Waals surface area (Å²) in [5.74, 6) is 0.292. The zero-order valence-corrected chi connectivity index (χ0v) is 14.0. The number of amides is 1. The molecule has 2 aromatic rings. The Hall–Kier alpha value is -2.61. The van der Waals surface area contributed by atoms with Crippen LogP contribution in [0.4, 0.5) is 18.9 Å². The molecule has 0 radical (unpaired) electrons. The lowest BCUT2D eigenvalue weighted by molar-refractivity contribution is -0.137. The van der Waals surface area contributed by atoms with Gasteiger partial charge in [0.25, 0.3) is 0 Å². The van der Waals surface area contributed by atoms with Crippen LogP contribution in [0.2, 0.25) is 0 Å². The van der Waals surface area contributed by atoms with Crippen LogP contribution in [0.5, 0.6) is 5.75 Å². The summed E-state index contributed by atoms with van der Waals surface area (Å²) in [6.07, 6.45) is -4.37. The Morgan fingerprint density at radius 3 is 2.44 bits per heavy atom. The average Bonchev–Trinajstić information content (AvgIpc) is 2.54. The molecule has 4 nitrogen and oxygen atoms in total. The fourth-order valence-corrected chi connectivity index (χ4v) is 2.27. The van der Waals surface area contributed by atoms with Crippen LogP contribution in [-0.2, 0) is 17.4 Å². The summed E-state index contributed by atoms with van der Waals surface area (Å²) in [5.41, 5.74) is 0.0922. The van der Waals surface area contributed by atoms with Crippen LogP contribution in [0.25, 0.3) is 0 Å². The Kier molecular flexibility index (Phi) is 5.97. The normalized spacial score (nSPS) is 10.9. The van der Waals surface area contributed by atoms with E-state index in [-0.39, 0.29) is 23.1 Å². The number of methoxy groups -OCH3 is 1. The van der Waals surface area contributed by atoms with Gasteiger partial charge in [-0.15, -0.1) is 0 Å². The van der Waals surface area contributed by atoms with Crippen molar-refractivity contribution in [2.75, 3.05) is 12.4 Å². The highest BCUT2D eigenvalue weighted by molar-refractivity contribution is 7.80. The number of alkyl halides is 3. The highest BCUT2D eigenvalue weighted by Gasteiger charge is 2.30. The van der Waals surface area contributed by atoms with Crippen molar-refractivity contribution in [1.82, 2.24) is 5.32 Å². The maximum atomic E-state index is 12.7. The summed E-state index contributed by atoms with van der Waals surface area (Å²) in [7, 11) is 1.54. The molecule has 0 aliphatic carbocycles. The van der Waals surface area contributed by atoms with Crippen molar-refractivity contribution in [3.05, 3.63) is 59.7 Å². The Morgan fingerprint density at radius 1 is 1.16 bits per heavy atom. The standard InChI is InChI=1S/C17H15F3N2O2S/c1-24-14-7-5-11(6-8-14)9-15(23)22-16(25)21-13-4-2-3-12(10-13)17(18,19)20/h2-8,10H,9H2,1H3,(H2,21,22,23,25). The van der Waals surface area contributed by atoms with Gasteiger partial charge in [0.15, 0.2) is 5.11 Å². The molecule has 0 heterocycles. The van der Waals surface area contributed by atoms with Gasteiger partial charge in [-0.2, -0.15) is 13.2 Å². The molecule has 0 spiro atoms. The van der Waals surface area contributed by atoms with Crippen LogP contribution in [-0.4, -0.2) is 18.1 Å². The second-order valence-electron chi connectivity index (χ2n) is 5.11. The molecule has 0 unspecified atom stereocenters. The Balaban J connectivity index is 1.92. The van der Waals surface area contributed by atoms with Gasteiger partial charge in [0.05, 0.1) is 19.1 Å². The molecule has 0 atom stereocenters. The van der Waals surface area contributed by atoms with E-state index in [4.69, 9.17) is 17.0 Å². The second-order valence-corrected chi connectivity index (χ2v) is 5.51. The van der Waals surface area contributed by atoms with Gasteiger partial charge in [0.1, 0.15) is 5.75 Å². The molecule has 1 amide bonds. The van der Waals surface area contributed by atoms with Gasteiger partial charge < -0.3 is 15.4 Å². The minimum Gasteiger partial charge on any atom is -0.497 e.